The number of H-pyrrole nitrogens is 1. The van der Waals surface area contributed by atoms with E-state index >= 15 is 0 Å². The van der Waals surface area contributed by atoms with Crippen molar-refractivity contribution in [3.05, 3.63) is 24.5 Å². The van der Waals surface area contributed by atoms with Gasteiger partial charge in [-0.2, -0.15) is 0 Å². The summed E-state index contributed by atoms with van der Waals surface area (Å²) >= 11 is 0. The van der Waals surface area contributed by atoms with E-state index < -0.39 is 10.0 Å². The second kappa shape index (κ2) is 5.46. The van der Waals surface area contributed by atoms with Crippen molar-refractivity contribution in [2.45, 2.75) is 17.4 Å². The van der Waals surface area contributed by atoms with E-state index in [1.165, 1.54) is 6.20 Å². The highest BCUT2D eigenvalue weighted by molar-refractivity contribution is 7.89. The van der Waals surface area contributed by atoms with Gasteiger partial charge in [-0.25, -0.2) is 18.1 Å². The fourth-order valence-electron chi connectivity index (χ4n) is 2.19. The second-order valence-corrected chi connectivity index (χ2v) is 6.05. The summed E-state index contributed by atoms with van der Waals surface area (Å²) in [7, 11) is -3.49. The summed E-state index contributed by atoms with van der Waals surface area (Å²) < 4.78 is 27.3. The molecule has 1 fully saturated rings. The zero-order valence-corrected chi connectivity index (χ0v) is 11.7. The van der Waals surface area contributed by atoms with Gasteiger partial charge in [0.1, 0.15) is 10.5 Å². The Morgan fingerprint density at radius 2 is 2.26 bits per heavy atom. The second-order valence-electron chi connectivity index (χ2n) is 4.36. The molecule has 0 aromatic carbocycles. The number of nitrogens with one attached hydrogen (secondary N) is 3. The lowest BCUT2D eigenvalue weighted by atomic mass is 10.3. The van der Waals surface area contributed by atoms with Crippen LogP contribution in [-0.2, 0) is 10.0 Å². The SMILES string of the molecule is Cl.O=S(=O)(NC1CCNC1)c1c[nH]c2ncccc12. The fraction of sp³-hybridized carbons (Fsp3) is 0.364. The van der Waals surface area contributed by atoms with Crippen LogP contribution in [0.25, 0.3) is 11.0 Å². The molecule has 0 spiro atoms. The van der Waals surface area contributed by atoms with Crippen LogP contribution in [-0.4, -0.2) is 37.5 Å². The molecule has 1 aliphatic heterocycles. The molecule has 0 radical (unpaired) electrons. The molecule has 8 heteroatoms. The quantitative estimate of drug-likeness (QED) is 0.776. The zero-order chi connectivity index (χ0) is 12.6. The number of aromatic nitrogens is 2. The predicted octanol–water partition coefficient (Wildman–Crippen LogP) is 0.625. The molecule has 1 atom stereocenters. The lowest BCUT2D eigenvalue weighted by Crippen LogP contribution is -2.36. The first-order valence-corrected chi connectivity index (χ1v) is 7.30. The van der Waals surface area contributed by atoms with Crippen LogP contribution in [0.2, 0.25) is 0 Å². The molecule has 2 aromatic heterocycles. The zero-order valence-electron chi connectivity index (χ0n) is 10.1. The number of halogens is 1. The molecule has 0 aliphatic carbocycles. The van der Waals surface area contributed by atoms with Crippen LogP contribution in [0.3, 0.4) is 0 Å². The van der Waals surface area contributed by atoms with Gasteiger partial charge in [0.2, 0.25) is 10.0 Å². The number of nitrogens with zero attached hydrogens (tertiary/aromatic N) is 1. The molecule has 3 heterocycles. The van der Waals surface area contributed by atoms with Crippen LogP contribution in [0.4, 0.5) is 0 Å². The highest BCUT2D eigenvalue weighted by Crippen LogP contribution is 2.21. The van der Waals surface area contributed by atoms with Crippen molar-refractivity contribution in [2.24, 2.45) is 0 Å². The maximum atomic E-state index is 12.3. The first kappa shape index (κ1) is 14.3. The number of aromatic amines is 1. The number of fused-ring (bicyclic) bond motifs is 1. The van der Waals surface area contributed by atoms with Gasteiger partial charge in [0.05, 0.1) is 0 Å². The minimum atomic E-state index is -3.49. The Balaban J connectivity index is 0.00000133. The number of rotatable bonds is 3. The molecule has 3 rings (SSSR count). The lowest BCUT2D eigenvalue weighted by molar-refractivity contribution is 0.561. The Kier molecular flexibility index (Phi) is 4.10. The van der Waals surface area contributed by atoms with E-state index in [0.717, 1.165) is 13.0 Å². The average molecular weight is 303 g/mol. The molecule has 1 aliphatic rings. The van der Waals surface area contributed by atoms with Gasteiger partial charge < -0.3 is 10.3 Å². The summed E-state index contributed by atoms with van der Waals surface area (Å²) in [5, 5.41) is 3.75. The third-order valence-corrected chi connectivity index (χ3v) is 4.65. The van der Waals surface area contributed by atoms with Crippen LogP contribution in [0, 0.1) is 0 Å². The van der Waals surface area contributed by atoms with E-state index in [4.69, 9.17) is 0 Å². The lowest BCUT2D eigenvalue weighted by Gasteiger charge is -2.10. The first-order chi connectivity index (χ1) is 8.67. The van der Waals surface area contributed by atoms with Gasteiger partial charge in [-0.1, -0.05) is 0 Å². The minimum absolute atomic E-state index is 0. The third-order valence-electron chi connectivity index (χ3n) is 3.08. The van der Waals surface area contributed by atoms with E-state index in [9.17, 15) is 8.42 Å². The molecular formula is C11H15ClN4O2S. The summed E-state index contributed by atoms with van der Waals surface area (Å²) in [5.74, 6) is 0. The molecule has 2 aromatic rings. The van der Waals surface area contributed by atoms with Crippen molar-refractivity contribution >= 4 is 33.5 Å². The van der Waals surface area contributed by atoms with Crippen LogP contribution in [0.15, 0.2) is 29.4 Å². The van der Waals surface area contributed by atoms with Crippen LogP contribution in [0.5, 0.6) is 0 Å². The number of hydrogen-bond acceptors (Lipinski definition) is 4. The summed E-state index contributed by atoms with van der Waals surface area (Å²) in [5.41, 5.74) is 0.586. The normalized spacial score (nSPS) is 19.5. The molecule has 0 amide bonds. The first-order valence-electron chi connectivity index (χ1n) is 5.82. The summed E-state index contributed by atoms with van der Waals surface area (Å²) in [6, 6.07) is 3.45. The Bertz CT molecular complexity index is 664. The van der Waals surface area contributed by atoms with Crippen LogP contribution >= 0.6 is 12.4 Å². The van der Waals surface area contributed by atoms with E-state index in [1.807, 2.05) is 0 Å². The Morgan fingerprint density at radius 3 is 3.00 bits per heavy atom. The van der Waals surface area contributed by atoms with E-state index in [-0.39, 0.29) is 23.3 Å². The van der Waals surface area contributed by atoms with Gasteiger partial charge in [-0.15, -0.1) is 12.4 Å². The number of sulfonamides is 1. The molecule has 104 valence electrons. The van der Waals surface area contributed by atoms with Crippen molar-refractivity contribution < 1.29 is 8.42 Å². The van der Waals surface area contributed by atoms with Crippen molar-refractivity contribution in [3.8, 4) is 0 Å². The molecular weight excluding hydrogens is 288 g/mol. The van der Waals surface area contributed by atoms with E-state index in [2.05, 4.69) is 20.0 Å². The van der Waals surface area contributed by atoms with Gasteiger partial charge in [0, 0.05) is 30.4 Å². The van der Waals surface area contributed by atoms with Crippen LogP contribution in [0.1, 0.15) is 6.42 Å². The standard InChI is InChI=1S/C11H14N4O2S.ClH/c16-18(17,15-8-3-5-12-6-8)10-7-14-11-9(10)2-1-4-13-11;/h1-2,4,7-8,12,15H,3,5-6H2,(H,13,14);1H. The van der Waals surface area contributed by atoms with Gasteiger partial charge in [0.25, 0.3) is 0 Å². The number of hydrogen-bond donors (Lipinski definition) is 3. The highest BCUT2D eigenvalue weighted by Gasteiger charge is 2.25. The maximum absolute atomic E-state index is 12.3. The highest BCUT2D eigenvalue weighted by atomic mass is 35.5. The van der Waals surface area contributed by atoms with Crippen molar-refractivity contribution in [1.82, 2.24) is 20.0 Å². The minimum Gasteiger partial charge on any atom is -0.345 e. The summed E-state index contributed by atoms with van der Waals surface area (Å²) in [4.78, 5) is 7.22. The smallest absolute Gasteiger partial charge is 0.243 e. The molecule has 3 N–H and O–H groups in total. The topological polar surface area (TPSA) is 86.9 Å². The third kappa shape index (κ3) is 2.74. The molecule has 1 saturated heterocycles. The predicted molar refractivity (Wildman–Crippen MR) is 74.9 cm³/mol. The van der Waals surface area contributed by atoms with Gasteiger partial charge in [-0.05, 0) is 25.1 Å². The summed E-state index contributed by atoms with van der Waals surface area (Å²) in [6.07, 6.45) is 3.94. The molecule has 6 nitrogen and oxygen atoms in total. The van der Waals surface area contributed by atoms with Crippen molar-refractivity contribution in [2.75, 3.05) is 13.1 Å². The Hall–Kier alpha value is -1.15. The largest absolute Gasteiger partial charge is 0.345 e. The average Bonchev–Trinajstić information content (AvgIpc) is 2.96. The van der Waals surface area contributed by atoms with Crippen molar-refractivity contribution in [1.29, 1.82) is 0 Å². The van der Waals surface area contributed by atoms with Crippen molar-refractivity contribution in [3.63, 3.8) is 0 Å². The molecule has 0 bridgehead atoms. The Labute approximate surface area is 117 Å². The maximum Gasteiger partial charge on any atom is 0.243 e. The molecule has 1 unspecified atom stereocenters. The fourth-order valence-corrected chi connectivity index (χ4v) is 3.63. The van der Waals surface area contributed by atoms with Crippen LogP contribution < -0.4 is 10.0 Å². The number of pyridine rings is 1. The van der Waals surface area contributed by atoms with Gasteiger partial charge in [-0.3, -0.25) is 0 Å². The monoisotopic (exact) mass is 302 g/mol. The van der Waals surface area contributed by atoms with E-state index in [1.54, 1.807) is 18.3 Å². The van der Waals surface area contributed by atoms with Gasteiger partial charge in [0.15, 0.2) is 0 Å². The molecule has 0 saturated carbocycles. The molecule has 19 heavy (non-hydrogen) atoms. The Morgan fingerprint density at radius 1 is 1.42 bits per heavy atom. The van der Waals surface area contributed by atoms with Gasteiger partial charge >= 0.3 is 0 Å². The summed E-state index contributed by atoms with van der Waals surface area (Å²) in [6.45, 7) is 1.53. The van der Waals surface area contributed by atoms with E-state index in [0.29, 0.717) is 17.6 Å².